The summed E-state index contributed by atoms with van der Waals surface area (Å²) in [5.41, 5.74) is 2.63. The van der Waals surface area contributed by atoms with Crippen molar-refractivity contribution in [2.24, 2.45) is 0 Å². The Kier molecular flexibility index (Phi) is 6.14. The van der Waals surface area contributed by atoms with Gasteiger partial charge in [0.2, 0.25) is 15.9 Å². The third kappa shape index (κ3) is 5.10. The van der Waals surface area contributed by atoms with E-state index in [0.29, 0.717) is 23.8 Å². The molecule has 0 unspecified atom stereocenters. The predicted molar refractivity (Wildman–Crippen MR) is 111 cm³/mol. The topological polar surface area (TPSA) is 92.5 Å². The number of amides is 1. The van der Waals surface area contributed by atoms with Gasteiger partial charge in [-0.2, -0.15) is 0 Å². The number of carbonyl (C=O) groups is 1. The zero-order chi connectivity index (χ0) is 21.0. The number of carbonyl (C=O) groups excluding carboxylic acids is 1. The molecular formula is C21H23N3O4S. The largest absolute Gasteiger partial charge is 0.441 e. The van der Waals surface area contributed by atoms with Gasteiger partial charge in [0.25, 0.3) is 0 Å². The molecule has 0 atom stereocenters. The van der Waals surface area contributed by atoms with E-state index in [1.54, 1.807) is 18.3 Å². The summed E-state index contributed by atoms with van der Waals surface area (Å²) in [5.74, 6) is 0.949. The summed E-state index contributed by atoms with van der Waals surface area (Å²) in [6, 6.07) is 14.0. The van der Waals surface area contributed by atoms with Crippen molar-refractivity contribution in [3.05, 3.63) is 66.2 Å². The second kappa shape index (κ2) is 8.59. The highest BCUT2D eigenvalue weighted by Crippen LogP contribution is 2.21. The first-order valence-corrected chi connectivity index (χ1v) is 10.5. The van der Waals surface area contributed by atoms with Crippen molar-refractivity contribution in [2.45, 2.75) is 24.7 Å². The normalized spacial score (nSPS) is 11.6. The van der Waals surface area contributed by atoms with Gasteiger partial charge in [-0.05, 0) is 31.2 Å². The van der Waals surface area contributed by atoms with Crippen molar-refractivity contribution >= 4 is 21.6 Å². The molecule has 0 aliphatic heterocycles. The van der Waals surface area contributed by atoms with Crippen LogP contribution in [0, 0.1) is 6.92 Å². The van der Waals surface area contributed by atoms with Gasteiger partial charge in [0, 0.05) is 38.2 Å². The number of aryl methyl sites for hydroxylation is 2. The molecule has 0 aliphatic carbocycles. The minimum Gasteiger partial charge on any atom is -0.441 e. The molecule has 0 fully saturated rings. The molecule has 0 radical (unpaired) electrons. The van der Waals surface area contributed by atoms with Crippen LogP contribution in [0.25, 0.3) is 11.3 Å². The number of sulfonamides is 1. The molecule has 0 aliphatic rings. The van der Waals surface area contributed by atoms with Crippen molar-refractivity contribution in [3.8, 4) is 11.3 Å². The Balaban J connectivity index is 1.56. The monoisotopic (exact) mass is 413 g/mol. The molecule has 152 valence electrons. The number of hydrogen-bond donors (Lipinski definition) is 1. The van der Waals surface area contributed by atoms with Crippen LogP contribution >= 0.6 is 0 Å². The fraction of sp³-hybridized carbons (Fsp3) is 0.238. The Morgan fingerprint density at radius 2 is 1.72 bits per heavy atom. The molecular weight excluding hydrogens is 390 g/mol. The quantitative estimate of drug-likeness (QED) is 0.640. The molecule has 8 heteroatoms. The lowest BCUT2D eigenvalue weighted by Crippen LogP contribution is -2.22. The summed E-state index contributed by atoms with van der Waals surface area (Å²) in [6.07, 6.45) is 2.22. The molecule has 3 rings (SSSR count). The number of oxazole rings is 1. The minimum atomic E-state index is -3.49. The van der Waals surface area contributed by atoms with Crippen molar-refractivity contribution in [3.63, 3.8) is 0 Å². The van der Waals surface area contributed by atoms with E-state index in [-0.39, 0.29) is 17.2 Å². The van der Waals surface area contributed by atoms with Gasteiger partial charge in [0.1, 0.15) is 0 Å². The molecule has 0 bridgehead atoms. The van der Waals surface area contributed by atoms with E-state index in [4.69, 9.17) is 4.42 Å². The van der Waals surface area contributed by atoms with Gasteiger partial charge in [-0.3, -0.25) is 4.79 Å². The second-order valence-electron chi connectivity index (χ2n) is 6.84. The lowest BCUT2D eigenvalue weighted by molar-refractivity contribution is -0.116. The van der Waals surface area contributed by atoms with E-state index in [0.717, 1.165) is 15.4 Å². The van der Waals surface area contributed by atoms with Crippen molar-refractivity contribution in [1.29, 1.82) is 0 Å². The van der Waals surface area contributed by atoms with Gasteiger partial charge in [0.15, 0.2) is 11.7 Å². The van der Waals surface area contributed by atoms with Gasteiger partial charge in [-0.25, -0.2) is 17.7 Å². The number of aromatic nitrogens is 1. The highest BCUT2D eigenvalue weighted by atomic mass is 32.2. The fourth-order valence-corrected chi connectivity index (χ4v) is 3.54. The highest BCUT2D eigenvalue weighted by molar-refractivity contribution is 7.89. The van der Waals surface area contributed by atoms with Gasteiger partial charge in [-0.15, -0.1) is 0 Å². The maximum atomic E-state index is 12.2. The van der Waals surface area contributed by atoms with Crippen LogP contribution in [0.1, 0.15) is 17.9 Å². The average Bonchev–Trinajstić information content (AvgIpc) is 3.16. The first-order valence-electron chi connectivity index (χ1n) is 9.10. The maximum Gasteiger partial charge on any atom is 0.242 e. The predicted octanol–water partition coefficient (Wildman–Crippen LogP) is 3.47. The Bertz CT molecular complexity index is 1090. The highest BCUT2D eigenvalue weighted by Gasteiger charge is 2.17. The van der Waals surface area contributed by atoms with Crippen molar-refractivity contribution in [2.75, 3.05) is 19.4 Å². The molecule has 7 nitrogen and oxygen atoms in total. The van der Waals surface area contributed by atoms with Crippen LogP contribution < -0.4 is 5.32 Å². The molecule has 0 saturated carbocycles. The van der Waals surface area contributed by atoms with E-state index >= 15 is 0 Å². The van der Waals surface area contributed by atoms with E-state index in [1.807, 2.05) is 31.2 Å². The summed E-state index contributed by atoms with van der Waals surface area (Å²) in [7, 11) is -0.551. The summed E-state index contributed by atoms with van der Waals surface area (Å²) < 4.78 is 31.0. The number of rotatable bonds is 7. The van der Waals surface area contributed by atoms with E-state index in [9.17, 15) is 13.2 Å². The minimum absolute atomic E-state index is 0.170. The molecule has 1 aromatic heterocycles. The lowest BCUT2D eigenvalue weighted by atomic mass is 10.1. The van der Waals surface area contributed by atoms with Gasteiger partial charge < -0.3 is 9.73 Å². The van der Waals surface area contributed by atoms with Gasteiger partial charge in [-0.1, -0.05) is 29.8 Å². The maximum absolute atomic E-state index is 12.2. The summed E-state index contributed by atoms with van der Waals surface area (Å²) in [6.45, 7) is 2.02. The smallest absolute Gasteiger partial charge is 0.242 e. The number of hydrogen-bond acceptors (Lipinski definition) is 5. The number of benzene rings is 2. The standard InChI is InChI=1S/C21H23N3O4S/c1-15-4-6-16(7-5-15)19-14-22-21(28-19)13-12-20(25)23-17-8-10-18(11-9-17)29(26,27)24(2)3/h4-11,14H,12-13H2,1-3H3,(H,23,25). The Morgan fingerprint density at radius 1 is 1.07 bits per heavy atom. The molecule has 1 amide bonds. The number of anilines is 1. The number of nitrogens with one attached hydrogen (secondary N) is 1. The van der Waals surface area contributed by atoms with E-state index < -0.39 is 10.0 Å². The third-order valence-corrected chi connectivity index (χ3v) is 6.20. The average molecular weight is 413 g/mol. The van der Waals surface area contributed by atoms with Crippen LogP contribution in [0.4, 0.5) is 5.69 Å². The Hall–Kier alpha value is -2.97. The number of nitrogens with zero attached hydrogens (tertiary/aromatic N) is 2. The zero-order valence-electron chi connectivity index (χ0n) is 16.5. The van der Waals surface area contributed by atoms with E-state index in [1.165, 1.54) is 26.2 Å². The van der Waals surface area contributed by atoms with E-state index in [2.05, 4.69) is 10.3 Å². The molecule has 1 N–H and O–H groups in total. The zero-order valence-corrected chi connectivity index (χ0v) is 17.4. The molecule has 3 aromatic rings. The van der Waals surface area contributed by atoms with Crippen LogP contribution in [0.15, 0.2) is 64.0 Å². The first-order chi connectivity index (χ1) is 13.8. The SMILES string of the molecule is Cc1ccc(-c2cnc(CCC(=O)Nc3ccc(S(=O)(=O)N(C)C)cc3)o2)cc1. The first kappa shape index (κ1) is 20.8. The fourth-order valence-electron chi connectivity index (χ4n) is 2.64. The second-order valence-corrected chi connectivity index (χ2v) is 9.00. The molecule has 0 saturated heterocycles. The van der Waals surface area contributed by atoms with Crippen LogP contribution in [-0.2, 0) is 21.2 Å². The third-order valence-electron chi connectivity index (χ3n) is 4.37. The Morgan fingerprint density at radius 3 is 2.34 bits per heavy atom. The van der Waals surface area contributed by atoms with Crippen LogP contribution in [0.2, 0.25) is 0 Å². The summed E-state index contributed by atoms with van der Waals surface area (Å²) >= 11 is 0. The van der Waals surface area contributed by atoms with Crippen molar-refractivity contribution < 1.29 is 17.6 Å². The molecule has 0 spiro atoms. The summed E-state index contributed by atoms with van der Waals surface area (Å²) in [4.78, 5) is 16.6. The summed E-state index contributed by atoms with van der Waals surface area (Å²) in [5, 5.41) is 2.75. The van der Waals surface area contributed by atoms with Crippen molar-refractivity contribution in [1.82, 2.24) is 9.29 Å². The molecule has 1 heterocycles. The van der Waals surface area contributed by atoms with Crippen LogP contribution in [0.5, 0.6) is 0 Å². The van der Waals surface area contributed by atoms with Crippen LogP contribution in [-0.4, -0.2) is 37.7 Å². The van der Waals surface area contributed by atoms with Gasteiger partial charge >= 0.3 is 0 Å². The lowest BCUT2D eigenvalue weighted by Gasteiger charge is -2.12. The molecule has 2 aromatic carbocycles. The molecule has 29 heavy (non-hydrogen) atoms. The van der Waals surface area contributed by atoms with Gasteiger partial charge in [0.05, 0.1) is 11.1 Å². The van der Waals surface area contributed by atoms with Crippen LogP contribution in [0.3, 0.4) is 0 Å². The Labute approximate surface area is 170 Å².